The Morgan fingerprint density at radius 1 is 0.949 bits per heavy atom. The molecule has 1 saturated carbocycles. The number of ketones is 2. The summed E-state index contributed by atoms with van der Waals surface area (Å²) in [4.78, 5) is 64.9. The highest BCUT2D eigenvalue weighted by molar-refractivity contribution is 5.94. The number of carbonyl (C=O) groups is 5. The summed E-state index contributed by atoms with van der Waals surface area (Å²) in [5.74, 6) is -4.25. The lowest BCUT2D eigenvalue weighted by atomic mass is 9.76. The van der Waals surface area contributed by atoms with Crippen LogP contribution in [0.15, 0.2) is 54.1 Å². The van der Waals surface area contributed by atoms with E-state index in [0.717, 1.165) is 0 Å². The number of ether oxygens (including phenoxy) is 3. The first-order valence-electron chi connectivity index (χ1n) is 13.3. The minimum Gasteiger partial charge on any atom is -0.458 e. The molecule has 0 aromatic heterocycles. The summed E-state index contributed by atoms with van der Waals surface area (Å²) in [5.41, 5.74) is -1.73. The van der Waals surface area contributed by atoms with Crippen molar-refractivity contribution in [1.82, 2.24) is 0 Å². The summed E-state index contributed by atoms with van der Waals surface area (Å²) in [5, 5.41) is 0. The number of fused-ring (bicyclic) bond motifs is 1. The van der Waals surface area contributed by atoms with E-state index in [9.17, 15) is 24.0 Å². The Morgan fingerprint density at radius 2 is 1.59 bits per heavy atom. The van der Waals surface area contributed by atoms with E-state index < -0.39 is 53.0 Å². The van der Waals surface area contributed by atoms with E-state index >= 15 is 0 Å². The van der Waals surface area contributed by atoms with Crippen molar-refractivity contribution < 1.29 is 38.2 Å². The van der Waals surface area contributed by atoms with Crippen molar-refractivity contribution in [2.75, 3.05) is 0 Å². The van der Waals surface area contributed by atoms with Gasteiger partial charge < -0.3 is 14.2 Å². The summed E-state index contributed by atoms with van der Waals surface area (Å²) in [6, 6.07) is 8.48. The van der Waals surface area contributed by atoms with Gasteiger partial charge in [0.1, 0.15) is 18.0 Å². The molecule has 0 heterocycles. The highest BCUT2D eigenvalue weighted by Crippen LogP contribution is 2.48. The summed E-state index contributed by atoms with van der Waals surface area (Å²) in [6.45, 7) is 11.2. The third kappa shape index (κ3) is 6.54. The zero-order chi connectivity index (χ0) is 29.1. The fraction of sp³-hybridized carbons (Fsp3) is 0.516. The Balaban J connectivity index is 2.21. The lowest BCUT2D eigenvalue weighted by Gasteiger charge is -2.36. The van der Waals surface area contributed by atoms with Crippen molar-refractivity contribution in [2.24, 2.45) is 23.2 Å². The van der Waals surface area contributed by atoms with Gasteiger partial charge in [0.15, 0.2) is 11.4 Å². The van der Waals surface area contributed by atoms with Gasteiger partial charge in [0.2, 0.25) is 0 Å². The van der Waals surface area contributed by atoms with Crippen LogP contribution in [0.5, 0.6) is 0 Å². The number of allylic oxidation sites excluding steroid dienone is 2. The first kappa shape index (κ1) is 30.0. The molecule has 0 bridgehead atoms. The summed E-state index contributed by atoms with van der Waals surface area (Å²) in [6.07, 6.45) is 3.30. The van der Waals surface area contributed by atoms with E-state index in [1.807, 2.05) is 6.92 Å². The van der Waals surface area contributed by atoms with Crippen LogP contribution in [-0.2, 0) is 33.4 Å². The van der Waals surface area contributed by atoms with Crippen LogP contribution in [0, 0.1) is 23.2 Å². The van der Waals surface area contributed by atoms with Crippen molar-refractivity contribution in [2.45, 2.75) is 79.1 Å². The maximum absolute atomic E-state index is 14.1. The van der Waals surface area contributed by atoms with Crippen LogP contribution < -0.4 is 0 Å². The second-order valence-corrected chi connectivity index (χ2v) is 11.3. The van der Waals surface area contributed by atoms with Gasteiger partial charge in [-0.3, -0.25) is 19.2 Å². The number of hydrogen-bond acceptors (Lipinski definition) is 8. The standard InChI is InChI=1S/C31H38O8/c1-18-13-14-30(6,7)26(34)16-25(37-21(4)32)19(2)15-24-27(38-29(36)23-11-9-8-10-12-23)20(3)17-31(24,28(18)35)39-22(5)33/h8-15,18,20,24-25,27H,16-17H2,1-7H3/b14-13-,19-15+/t18-,20-,24+,25-,27+,31-/m1/s1. The average Bonchev–Trinajstić information content (AvgIpc) is 3.11. The van der Waals surface area contributed by atoms with Gasteiger partial charge in [0.25, 0.3) is 0 Å². The fourth-order valence-corrected chi connectivity index (χ4v) is 5.48. The molecule has 8 nitrogen and oxygen atoms in total. The summed E-state index contributed by atoms with van der Waals surface area (Å²) in [7, 11) is 0. The van der Waals surface area contributed by atoms with E-state index in [4.69, 9.17) is 14.2 Å². The summed E-state index contributed by atoms with van der Waals surface area (Å²) >= 11 is 0. The van der Waals surface area contributed by atoms with Gasteiger partial charge in [-0.1, -0.05) is 50.3 Å². The molecular formula is C31H38O8. The van der Waals surface area contributed by atoms with Crippen LogP contribution in [0.1, 0.15) is 71.7 Å². The predicted octanol–water partition coefficient (Wildman–Crippen LogP) is 4.81. The molecule has 6 atom stereocenters. The smallest absolute Gasteiger partial charge is 0.338 e. The molecule has 8 heteroatoms. The summed E-state index contributed by atoms with van der Waals surface area (Å²) < 4.78 is 17.4. The van der Waals surface area contributed by atoms with Gasteiger partial charge in [0, 0.05) is 38.0 Å². The molecule has 1 fully saturated rings. The van der Waals surface area contributed by atoms with Gasteiger partial charge in [0.05, 0.1) is 11.5 Å². The van der Waals surface area contributed by atoms with Crippen molar-refractivity contribution in [3.8, 4) is 0 Å². The van der Waals surface area contributed by atoms with E-state index in [1.165, 1.54) is 13.8 Å². The molecule has 0 saturated heterocycles. The first-order chi connectivity index (χ1) is 18.2. The predicted molar refractivity (Wildman–Crippen MR) is 143 cm³/mol. The molecule has 1 aromatic carbocycles. The Morgan fingerprint density at radius 3 is 2.18 bits per heavy atom. The van der Waals surface area contributed by atoms with Gasteiger partial charge in [-0.25, -0.2) is 4.79 Å². The number of benzene rings is 1. The van der Waals surface area contributed by atoms with E-state index in [0.29, 0.717) is 11.1 Å². The van der Waals surface area contributed by atoms with Gasteiger partial charge >= 0.3 is 17.9 Å². The zero-order valence-electron chi connectivity index (χ0n) is 23.7. The van der Waals surface area contributed by atoms with Crippen molar-refractivity contribution >= 4 is 29.5 Å². The lowest BCUT2D eigenvalue weighted by Crippen LogP contribution is -2.50. The average molecular weight is 539 g/mol. The van der Waals surface area contributed by atoms with Gasteiger partial charge in [-0.05, 0) is 44.4 Å². The van der Waals surface area contributed by atoms with Crippen LogP contribution in [0.3, 0.4) is 0 Å². The van der Waals surface area contributed by atoms with E-state index in [2.05, 4.69) is 0 Å². The largest absolute Gasteiger partial charge is 0.458 e. The van der Waals surface area contributed by atoms with E-state index in [1.54, 1.807) is 76.3 Å². The van der Waals surface area contributed by atoms with Crippen LogP contribution in [0.25, 0.3) is 0 Å². The molecule has 2 aliphatic rings. The second-order valence-electron chi connectivity index (χ2n) is 11.3. The third-order valence-electron chi connectivity index (χ3n) is 7.64. The fourth-order valence-electron chi connectivity index (χ4n) is 5.48. The minimum absolute atomic E-state index is 0.0844. The Hall–Kier alpha value is -3.55. The maximum Gasteiger partial charge on any atom is 0.338 e. The van der Waals surface area contributed by atoms with Crippen LogP contribution >= 0.6 is 0 Å². The molecule has 0 spiro atoms. The van der Waals surface area contributed by atoms with E-state index in [-0.39, 0.29) is 30.3 Å². The van der Waals surface area contributed by atoms with Crippen molar-refractivity contribution in [1.29, 1.82) is 0 Å². The second kappa shape index (κ2) is 11.7. The monoisotopic (exact) mass is 538 g/mol. The van der Waals surface area contributed by atoms with Gasteiger partial charge in [-0.2, -0.15) is 0 Å². The first-order valence-corrected chi connectivity index (χ1v) is 13.3. The molecule has 2 aliphatic carbocycles. The molecule has 0 amide bonds. The Bertz CT molecular complexity index is 1190. The Labute approximate surface area is 229 Å². The minimum atomic E-state index is -1.63. The van der Waals surface area contributed by atoms with Crippen LogP contribution in [0.4, 0.5) is 0 Å². The SMILES string of the molecule is CC(=O)O[C@@H]1CC(=O)C(C)(C)/C=C\[C@@H](C)C(=O)[C@@]2(OC(C)=O)C[C@@H](C)[C@H](OC(=O)c3ccccc3)[C@@H]2/C=C/1C. The maximum atomic E-state index is 14.1. The number of Topliss-reactive ketones (excluding diaryl/α,β-unsaturated/α-hetero) is 2. The molecule has 0 unspecified atom stereocenters. The van der Waals surface area contributed by atoms with Crippen molar-refractivity contribution in [3.05, 3.63) is 59.7 Å². The molecule has 0 radical (unpaired) electrons. The highest BCUT2D eigenvalue weighted by Gasteiger charge is 2.60. The third-order valence-corrected chi connectivity index (χ3v) is 7.64. The molecular weight excluding hydrogens is 500 g/mol. The number of hydrogen-bond donors (Lipinski definition) is 0. The zero-order valence-corrected chi connectivity index (χ0v) is 23.7. The highest BCUT2D eigenvalue weighted by atomic mass is 16.6. The molecule has 0 aliphatic heterocycles. The number of rotatable bonds is 4. The van der Waals surface area contributed by atoms with Crippen LogP contribution in [-0.4, -0.2) is 47.3 Å². The molecule has 210 valence electrons. The number of carbonyl (C=O) groups excluding carboxylic acids is 5. The molecule has 1 aromatic rings. The number of esters is 3. The normalized spacial score (nSPS) is 32.9. The van der Waals surface area contributed by atoms with Crippen molar-refractivity contribution in [3.63, 3.8) is 0 Å². The molecule has 39 heavy (non-hydrogen) atoms. The Kier molecular flexibility index (Phi) is 8.98. The topological polar surface area (TPSA) is 113 Å². The molecule has 0 N–H and O–H groups in total. The molecule has 3 rings (SSSR count). The quantitative estimate of drug-likeness (QED) is 0.305. The van der Waals surface area contributed by atoms with Crippen LogP contribution in [0.2, 0.25) is 0 Å². The lowest BCUT2D eigenvalue weighted by molar-refractivity contribution is -0.171. The van der Waals surface area contributed by atoms with Gasteiger partial charge in [-0.15, -0.1) is 0 Å².